The van der Waals surface area contributed by atoms with Crippen LogP contribution in [0, 0.1) is 11.8 Å². The van der Waals surface area contributed by atoms with Gasteiger partial charge in [-0.2, -0.15) is 0 Å². The number of rotatable bonds is 2. The molecule has 0 amide bonds. The maximum Gasteiger partial charge on any atom is 0.0931 e. The molecule has 1 aliphatic rings. The Morgan fingerprint density at radius 2 is 2.33 bits per heavy atom. The number of hydrogen-bond acceptors (Lipinski definition) is 2. The molecule has 1 aromatic rings. The summed E-state index contributed by atoms with van der Waals surface area (Å²) in [5.74, 6) is 1.04. The van der Waals surface area contributed by atoms with Gasteiger partial charge in [0.1, 0.15) is 0 Å². The topological polar surface area (TPSA) is 9.23 Å². The first-order valence-electron chi connectivity index (χ1n) is 5.15. The lowest BCUT2D eigenvalue weighted by molar-refractivity contribution is 0.0231. The lowest BCUT2D eigenvalue weighted by Gasteiger charge is -2.31. The Labute approximate surface area is 104 Å². The minimum atomic E-state index is 0.0846. The van der Waals surface area contributed by atoms with E-state index in [1.54, 1.807) is 11.3 Å². The molecule has 2 heterocycles. The highest BCUT2D eigenvalue weighted by Crippen LogP contribution is 2.41. The zero-order chi connectivity index (χ0) is 10.8. The van der Waals surface area contributed by atoms with Gasteiger partial charge >= 0.3 is 0 Å². The van der Waals surface area contributed by atoms with Gasteiger partial charge in [0, 0.05) is 18.1 Å². The van der Waals surface area contributed by atoms with E-state index in [0.717, 1.165) is 24.0 Å². The molecule has 1 nitrogen and oxygen atoms in total. The van der Waals surface area contributed by atoms with E-state index in [0.29, 0.717) is 11.8 Å². The van der Waals surface area contributed by atoms with E-state index in [-0.39, 0.29) is 5.38 Å². The number of hydrogen-bond donors (Lipinski definition) is 0. The first-order chi connectivity index (χ1) is 7.18. The Hall–Kier alpha value is 0.240. The molecule has 0 aliphatic carbocycles. The van der Waals surface area contributed by atoms with Crippen molar-refractivity contribution in [3.63, 3.8) is 0 Å². The molecule has 3 unspecified atom stereocenters. The fourth-order valence-electron chi connectivity index (χ4n) is 2.02. The summed E-state index contributed by atoms with van der Waals surface area (Å²) in [5, 5.41) is 0.0846. The van der Waals surface area contributed by atoms with Crippen LogP contribution in [0.15, 0.2) is 12.1 Å². The minimum Gasteiger partial charge on any atom is -0.381 e. The highest BCUT2D eigenvalue weighted by Gasteiger charge is 2.30. The minimum absolute atomic E-state index is 0.0846. The SMILES string of the molecule is CC1COCCC1C(Cl)c1ccc(Cl)s1. The third-order valence-electron chi connectivity index (χ3n) is 2.95. The van der Waals surface area contributed by atoms with E-state index in [4.69, 9.17) is 27.9 Å². The Balaban J connectivity index is 2.09. The molecular formula is C11H14Cl2OS. The summed E-state index contributed by atoms with van der Waals surface area (Å²) in [6.45, 7) is 3.86. The van der Waals surface area contributed by atoms with Gasteiger partial charge in [0.2, 0.25) is 0 Å². The Kier molecular flexibility index (Phi) is 3.94. The van der Waals surface area contributed by atoms with Gasteiger partial charge < -0.3 is 4.74 Å². The molecule has 0 radical (unpaired) electrons. The van der Waals surface area contributed by atoms with Crippen molar-refractivity contribution >= 4 is 34.5 Å². The lowest BCUT2D eigenvalue weighted by Crippen LogP contribution is -2.27. The fourth-order valence-corrected chi connectivity index (χ4v) is 3.71. The van der Waals surface area contributed by atoms with Gasteiger partial charge in [-0.3, -0.25) is 0 Å². The predicted molar refractivity (Wildman–Crippen MR) is 66.0 cm³/mol. The van der Waals surface area contributed by atoms with Gasteiger partial charge in [-0.15, -0.1) is 22.9 Å². The molecule has 1 aliphatic heterocycles. The molecule has 1 aromatic heterocycles. The molecule has 0 spiro atoms. The molecule has 0 bridgehead atoms. The van der Waals surface area contributed by atoms with Crippen LogP contribution in [0.1, 0.15) is 23.6 Å². The standard InChI is InChI=1S/C11H14Cl2OS/c1-7-6-14-5-4-8(7)11(13)9-2-3-10(12)15-9/h2-3,7-8,11H,4-6H2,1H3. The van der Waals surface area contributed by atoms with Crippen LogP contribution < -0.4 is 0 Å². The third-order valence-corrected chi connectivity index (χ3v) is 4.95. The van der Waals surface area contributed by atoms with Crippen LogP contribution in [0.5, 0.6) is 0 Å². The molecule has 1 saturated heterocycles. The number of thiophene rings is 1. The fraction of sp³-hybridized carbons (Fsp3) is 0.636. The van der Waals surface area contributed by atoms with Crippen LogP contribution >= 0.6 is 34.5 Å². The monoisotopic (exact) mass is 264 g/mol. The van der Waals surface area contributed by atoms with Crippen LogP contribution in [-0.2, 0) is 4.74 Å². The van der Waals surface area contributed by atoms with Gasteiger partial charge in [0.15, 0.2) is 0 Å². The summed E-state index contributed by atoms with van der Waals surface area (Å²) in [6.07, 6.45) is 1.05. The van der Waals surface area contributed by atoms with Crippen molar-refractivity contribution in [3.8, 4) is 0 Å². The number of alkyl halides is 1. The predicted octanol–water partition coefficient (Wildman–Crippen LogP) is 4.35. The van der Waals surface area contributed by atoms with Crippen molar-refractivity contribution in [2.45, 2.75) is 18.7 Å². The van der Waals surface area contributed by atoms with Gasteiger partial charge in [0.25, 0.3) is 0 Å². The van der Waals surface area contributed by atoms with Gasteiger partial charge in [0.05, 0.1) is 9.71 Å². The Morgan fingerprint density at radius 3 is 2.93 bits per heavy atom. The second kappa shape index (κ2) is 5.05. The summed E-state index contributed by atoms with van der Waals surface area (Å²) >= 11 is 14.0. The van der Waals surface area contributed by atoms with Crippen LogP contribution in [0.2, 0.25) is 4.34 Å². The van der Waals surface area contributed by atoms with Crippen molar-refractivity contribution in [1.29, 1.82) is 0 Å². The maximum absolute atomic E-state index is 6.49. The smallest absolute Gasteiger partial charge is 0.0931 e. The van der Waals surface area contributed by atoms with E-state index < -0.39 is 0 Å². The molecule has 0 saturated carbocycles. The zero-order valence-corrected chi connectivity index (χ0v) is 10.9. The van der Waals surface area contributed by atoms with Gasteiger partial charge in [-0.25, -0.2) is 0 Å². The molecular weight excluding hydrogens is 251 g/mol. The molecule has 4 heteroatoms. The first kappa shape index (κ1) is 11.7. The van der Waals surface area contributed by atoms with Crippen LogP contribution in [0.3, 0.4) is 0 Å². The largest absolute Gasteiger partial charge is 0.381 e. The molecule has 0 N–H and O–H groups in total. The Bertz CT molecular complexity index is 326. The van der Waals surface area contributed by atoms with Gasteiger partial charge in [-0.1, -0.05) is 18.5 Å². The van der Waals surface area contributed by atoms with E-state index in [1.165, 1.54) is 4.88 Å². The molecule has 15 heavy (non-hydrogen) atoms. The molecule has 1 fully saturated rings. The van der Waals surface area contributed by atoms with Crippen molar-refractivity contribution in [2.75, 3.05) is 13.2 Å². The van der Waals surface area contributed by atoms with Crippen molar-refractivity contribution < 1.29 is 4.74 Å². The summed E-state index contributed by atoms with van der Waals surface area (Å²) < 4.78 is 6.24. The third kappa shape index (κ3) is 2.68. The Morgan fingerprint density at radius 1 is 1.53 bits per heavy atom. The molecule has 84 valence electrons. The highest BCUT2D eigenvalue weighted by molar-refractivity contribution is 7.16. The summed E-state index contributed by atoms with van der Waals surface area (Å²) in [4.78, 5) is 1.18. The average molecular weight is 265 g/mol. The quantitative estimate of drug-likeness (QED) is 0.722. The lowest BCUT2D eigenvalue weighted by atomic mass is 9.86. The molecule has 0 aromatic carbocycles. The zero-order valence-electron chi connectivity index (χ0n) is 8.58. The highest BCUT2D eigenvalue weighted by atomic mass is 35.5. The van der Waals surface area contributed by atoms with E-state index in [1.807, 2.05) is 12.1 Å². The first-order valence-corrected chi connectivity index (χ1v) is 6.78. The second-order valence-corrected chi connectivity index (χ2v) is 6.27. The summed E-state index contributed by atoms with van der Waals surface area (Å²) in [6, 6.07) is 3.95. The molecule has 3 atom stereocenters. The van der Waals surface area contributed by atoms with Crippen molar-refractivity contribution in [2.24, 2.45) is 11.8 Å². The van der Waals surface area contributed by atoms with Crippen molar-refractivity contribution in [3.05, 3.63) is 21.3 Å². The van der Waals surface area contributed by atoms with E-state index in [9.17, 15) is 0 Å². The van der Waals surface area contributed by atoms with Crippen LogP contribution in [-0.4, -0.2) is 13.2 Å². The normalized spacial score (nSPS) is 29.0. The van der Waals surface area contributed by atoms with Crippen LogP contribution in [0.4, 0.5) is 0 Å². The van der Waals surface area contributed by atoms with E-state index in [2.05, 4.69) is 6.92 Å². The average Bonchev–Trinajstić information content (AvgIpc) is 2.65. The van der Waals surface area contributed by atoms with Crippen molar-refractivity contribution in [1.82, 2.24) is 0 Å². The molecule has 2 rings (SSSR count). The number of ether oxygens (including phenoxy) is 1. The van der Waals surface area contributed by atoms with E-state index >= 15 is 0 Å². The van der Waals surface area contributed by atoms with Crippen LogP contribution in [0.25, 0.3) is 0 Å². The summed E-state index contributed by atoms with van der Waals surface area (Å²) in [5.41, 5.74) is 0. The number of halogens is 2. The maximum atomic E-state index is 6.49. The second-order valence-electron chi connectivity index (χ2n) is 4.05. The van der Waals surface area contributed by atoms with Gasteiger partial charge in [-0.05, 0) is 30.4 Å². The summed E-state index contributed by atoms with van der Waals surface area (Å²) in [7, 11) is 0.